The van der Waals surface area contributed by atoms with Crippen LogP contribution in [0.5, 0.6) is 11.5 Å². The van der Waals surface area contributed by atoms with Gasteiger partial charge in [0.1, 0.15) is 12.2 Å². The summed E-state index contributed by atoms with van der Waals surface area (Å²) in [6.45, 7) is 51.0. The number of nitrogens with zero attached hydrogens (tertiary/aromatic N) is 1. The first-order valence-electron chi connectivity index (χ1n) is 29.1. The van der Waals surface area contributed by atoms with E-state index in [1.54, 1.807) is 7.11 Å². The molecule has 78 heavy (non-hydrogen) atoms. The molecule has 1 aliphatic carbocycles. The Morgan fingerprint density at radius 1 is 0.564 bits per heavy atom. The molecule has 2 fully saturated rings. The molecule has 3 heterocycles. The van der Waals surface area contributed by atoms with Gasteiger partial charge in [-0.1, -0.05) is 164 Å². The predicted molar refractivity (Wildman–Crippen MR) is 333 cm³/mol. The minimum atomic E-state index is -3.90. The van der Waals surface area contributed by atoms with E-state index in [1.165, 1.54) is 53.3 Å². The lowest BCUT2D eigenvalue weighted by Gasteiger charge is -2.31. The maximum atomic E-state index is 11.9. The first kappa shape index (κ1) is 73.5. The Balaban J connectivity index is 0. The van der Waals surface area contributed by atoms with Crippen molar-refractivity contribution in [3.63, 3.8) is 0 Å². The number of para-hydroxylation sites is 2. The molecule has 4 nitrogen and oxygen atoms in total. The monoisotopic (exact) mass is 1150 g/mol. The summed E-state index contributed by atoms with van der Waals surface area (Å²) < 4.78 is 99.3. The molecule has 454 valence electrons. The summed E-state index contributed by atoms with van der Waals surface area (Å²) in [4.78, 5) is 2.59. The number of likely N-dealkylation sites (tertiary alicyclic amines) is 1. The van der Waals surface area contributed by atoms with Crippen LogP contribution in [0.25, 0.3) is 11.1 Å². The normalized spacial score (nSPS) is 23.1. The van der Waals surface area contributed by atoms with Gasteiger partial charge >= 0.3 is 11.8 Å². The van der Waals surface area contributed by atoms with E-state index in [0.29, 0.717) is 34.5 Å². The Morgan fingerprint density at radius 3 is 1.04 bits per heavy atom. The van der Waals surface area contributed by atoms with Gasteiger partial charge in [0, 0.05) is 53.4 Å². The van der Waals surface area contributed by atoms with Crippen LogP contribution in [0.2, 0.25) is 0 Å². The van der Waals surface area contributed by atoms with Gasteiger partial charge in [0.2, 0.25) is 5.92 Å². The van der Waals surface area contributed by atoms with Crippen LogP contribution in [-0.2, 0) is 4.74 Å². The third-order valence-electron chi connectivity index (χ3n) is 14.2. The van der Waals surface area contributed by atoms with Gasteiger partial charge < -0.3 is 14.2 Å². The Labute approximate surface area is 486 Å². The number of methoxy groups -OCH3 is 1. The fourth-order valence-corrected chi connectivity index (χ4v) is 8.04. The molecule has 3 aromatic rings. The van der Waals surface area contributed by atoms with E-state index in [2.05, 4.69) is 182 Å². The molecule has 8 atom stereocenters. The van der Waals surface area contributed by atoms with Crippen LogP contribution in [-0.4, -0.2) is 88.7 Å². The van der Waals surface area contributed by atoms with Crippen molar-refractivity contribution in [3.8, 4) is 22.6 Å². The zero-order valence-electron chi connectivity index (χ0n) is 55.8. The second-order valence-corrected chi connectivity index (χ2v) is 28.5. The van der Waals surface area contributed by atoms with Crippen molar-refractivity contribution in [1.29, 1.82) is 0 Å². The summed E-state index contributed by atoms with van der Waals surface area (Å²) >= 11 is 3.97. The van der Waals surface area contributed by atoms with Crippen molar-refractivity contribution in [1.82, 2.24) is 4.90 Å². The Bertz CT molecular complexity index is 1950. The van der Waals surface area contributed by atoms with Gasteiger partial charge in [-0.25, -0.2) is 26.3 Å². The molecule has 0 aromatic heterocycles. The molecule has 0 radical (unpaired) electrons. The molecular weight excluding hydrogens is 1030 g/mol. The highest BCUT2D eigenvalue weighted by Crippen LogP contribution is 2.46. The number of benzene rings is 3. The Kier molecular flexibility index (Phi) is 32.8. The van der Waals surface area contributed by atoms with Gasteiger partial charge in [0.25, 0.3) is 0 Å². The zero-order chi connectivity index (χ0) is 63.2. The molecule has 7 rings (SSSR count). The van der Waals surface area contributed by atoms with Crippen molar-refractivity contribution in [3.05, 3.63) is 83.9 Å². The van der Waals surface area contributed by atoms with Gasteiger partial charge in [-0.15, -0.1) is 0 Å². The second kappa shape index (κ2) is 34.8. The first-order valence-corrected chi connectivity index (χ1v) is 30.5. The number of rotatable bonds is 2. The maximum absolute atomic E-state index is 11.9. The van der Waals surface area contributed by atoms with E-state index in [1.807, 2.05) is 70.6 Å². The Hall–Kier alpha value is -2.54. The lowest BCUT2D eigenvalue weighted by atomic mass is 9.73. The van der Waals surface area contributed by atoms with Crippen molar-refractivity contribution in [2.45, 2.75) is 244 Å². The average Bonchev–Trinajstić information content (AvgIpc) is 3.89. The molecule has 0 N–H and O–H groups in total. The van der Waals surface area contributed by atoms with Crippen molar-refractivity contribution in [2.75, 3.05) is 38.0 Å². The molecule has 0 unspecified atom stereocenters. The van der Waals surface area contributed by atoms with Crippen LogP contribution in [0.15, 0.2) is 72.8 Å². The Morgan fingerprint density at radius 2 is 0.846 bits per heavy atom. The quantitative estimate of drug-likeness (QED) is 0.238. The number of fused-ring (bicyclic) bond motifs is 4. The fraction of sp³-hybridized carbons (Fsp3) is 0.727. The highest BCUT2D eigenvalue weighted by molar-refractivity contribution is 8.00. The number of alkyl halides is 6. The summed E-state index contributed by atoms with van der Waals surface area (Å²) in [6, 6.07) is 25.4. The number of ether oxygens (including phenoxy) is 3. The van der Waals surface area contributed by atoms with Crippen LogP contribution in [0, 0.1) is 29.1 Å². The number of halogens is 6. The smallest absolute Gasteiger partial charge is 0.307 e. The van der Waals surface area contributed by atoms with Crippen LogP contribution in [0.1, 0.15) is 212 Å². The van der Waals surface area contributed by atoms with Crippen molar-refractivity contribution >= 4 is 23.5 Å². The summed E-state index contributed by atoms with van der Waals surface area (Å²) in [5.41, 5.74) is 6.79. The van der Waals surface area contributed by atoms with Gasteiger partial charge in [0.05, 0.1) is 5.60 Å². The minimum Gasteiger partial charge on any atom is -0.483 e. The largest absolute Gasteiger partial charge is 0.483 e. The highest BCUT2D eigenvalue weighted by atomic mass is 32.2. The molecule has 12 heteroatoms. The lowest BCUT2D eigenvalue weighted by Crippen LogP contribution is -2.39. The van der Waals surface area contributed by atoms with Gasteiger partial charge in [-0.3, -0.25) is 4.90 Å². The number of hydrogen-bond donors (Lipinski definition) is 0. The maximum Gasteiger partial charge on any atom is 0.307 e. The second-order valence-electron chi connectivity index (χ2n) is 25.8. The van der Waals surface area contributed by atoms with Crippen molar-refractivity contribution < 1.29 is 43.3 Å². The summed E-state index contributed by atoms with van der Waals surface area (Å²) in [7, 11) is 1.71. The highest BCUT2D eigenvalue weighted by Gasteiger charge is 2.47. The summed E-state index contributed by atoms with van der Waals surface area (Å²) in [5, 5.41) is 0. The fourth-order valence-electron chi connectivity index (χ4n) is 6.50. The SMILES string of the molecule is CC(F)(F)C(C)(F)F.CCC(C)(C)C.COC(C)(C)C.CSC(C)(C)C.C[C@@H]1Oc2ccccc2O[C@@H]1C.C[C@@H]1c2ccccc2-c2ccccc2[C@@H]1C.C[C@H]1CN(C(C)(C)C)C[C@@H]1C.C[C@H]1CSC[C@@H]1C.[2H]C([2H])(C)C(C)(F)F. The van der Waals surface area contributed by atoms with Gasteiger partial charge in [0.15, 0.2) is 11.5 Å². The molecule has 3 aromatic carbocycles. The topological polar surface area (TPSA) is 30.9 Å². The zero-order valence-corrected chi connectivity index (χ0v) is 55.5. The van der Waals surface area contributed by atoms with Crippen LogP contribution in [0.4, 0.5) is 26.3 Å². The van der Waals surface area contributed by atoms with Gasteiger partial charge in [-0.2, -0.15) is 23.5 Å². The summed E-state index contributed by atoms with van der Waals surface area (Å²) in [5.74, 6) is -1.59. The molecule has 0 spiro atoms. The number of thioether (sulfide) groups is 2. The number of hydrogen-bond acceptors (Lipinski definition) is 6. The van der Waals surface area contributed by atoms with E-state index < -0.39 is 24.1 Å². The molecule has 0 bridgehead atoms. The van der Waals surface area contributed by atoms with Crippen LogP contribution >= 0.6 is 23.5 Å². The minimum absolute atomic E-state index is 0.0417. The van der Waals surface area contributed by atoms with E-state index in [9.17, 15) is 26.3 Å². The molecule has 4 aliphatic rings. The molecule has 3 aliphatic heterocycles. The summed E-state index contributed by atoms with van der Waals surface area (Å²) in [6.07, 6.45) is 1.28. The molecular formula is C66H113F6NO3S2. The molecule has 0 saturated carbocycles. The molecule has 2 saturated heterocycles. The third kappa shape index (κ3) is 33.4. The first-order chi connectivity index (χ1) is 36.0. The van der Waals surface area contributed by atoms with E-state index >= 15 is 0 Å². The van der Waals surface area contributed by atoms with E-state index in [4.69, 9.17) is 17.0 Å². The lowest BCUT2D eigenvalue weighted by molar-refractivity contribution is -0.185. The van der Waals surface area contributed by atoms with Crippen LogP contribution in [0.3, 0.4) is 0 Å². The van der Waals surface area contributed by atoms with E-state index in [0.717, 1.165) is 42.1 Å². The standard InChI is InChI=1S/C16H16.C10H21N.C10H12O2.C6H12S.C6H14.C5H12O.C5H12S.C4H6F4.C4H8F2/c1-11-12(2)14-8-4-6-10-16(14)15-9-5-3-7-13(11)15;1-8-6-11(7-9(8)2)10(3,4)5;1-7-8(2)12-10-6-4-3-5-9(10)11-7;1-5-3-7-4-6(5)2;1-5-6(2,3)4;2*1-5(2,3)6-4;1-3(5,6)4(2,7)8;1-3-4(2,5)6/h3-12H,1-2H3;8-9H,6-7H2,1-5H3;3-8H,1-2H3;5-6H,3-4H2,1-2H3;5H2,1-4H3;2*1-4H3;1-2H3;3H2,1-2H3/t11-,12+;8-,9-;7-,8+;5-,6-;;;;;/m.0.0...../s1/i;;;;;;;;3D2. The third-order valence-corrected chi connectivity index (χ3v) is 17.0. The van der Waals surface area contributed by atoms with E-state index in [-0.39, 0.29) is 31.7 Å². The van der Waals surface area contributed by atoms with Gasteiger partial charge in [-0.05, 0) is 155 Å². The van der Waals surface area contributed by atoms with Crippen molar-refractivity contribution in [2.24, 2.45) is 29.1 Å². The predicted octanol–water partition coefficient (Wildman–Crippen LogP) is 21.6. The van der Waals surface area contributed by atoms with Crippen LogP contribution < -0.4 is 9.47 Å². The molecule has 0 amide bonds. The average molecular weight is 1150 g/mol.